The average molecular weight is 275 g/mol. The van der Waals surface area contributed by atoms with E-state index in [1.807, 2.05) is 6.07 Å². The summed E-state index contributed by atoms with van der Waals surface area (Å²) < 4.78 is 0. The zero-order valence-corrected chi connectivity index (χ0v) is 11.7. The molecule has 1 heterocycles. The largest absolute Gasteiger partial charge is 0.396 e. The van der Waals surface area contributed by atoms with Gasteiger partial charge in [0.1, 0.15) is 0 Å². The highest BCUT2D eigenvalue weighted by atomic mass is 16.3. The molecule has 3 N–H and O–H groups in total. The second-order valence-corrected chi connectivity index (χ2v) is 5.01. The van der Waals surface area contributed by atoms with Crippen LogP contribution in [-0.2, 0) is 0 Å². The molecule has 1 aromatic carbocycles. The Bertz CT molecular complexity index is 559. The molecule has 0 aliphatic rings. The molecular formula is C15H21N3O2. The van der Waals surface area contributed by atoms with Crippen molar-refractivity contribution in [2.75, 3.05) is 13.2 Å². The van der Waals surface area contributed by atoms with Gasteiger partial charge in [-0.2, -0.15) is 0 Å². The van der Waals surface area contributed by atoms with E-state index in [0.29, 0.717) is 18.0 Å². The smallest absolute Gasteiger partial charge is 0.251 e. The Morgan fingerprint density at radius 2 is 2.30 bits per heavy atom. The number of amides is 1. The molecule has 0 aliphatic carbocycles. The lowest BCUT2D eigenvalue weighted by atomic mass is 10.00. The highest BCUT2D eigenvalue weighted by Gasteiger charge is 2.11. The first-order chi connectivity index (χ1) is 9.74. The third kappa shape index (κ3) is 3.57. The lowest BCUT2D eigenvalue weighted by molar-refractivity contribution is 0.0943. The molecule has 1 atom stereocenters. The molecule has 20 heavy (non-hydrogen) atoms. The van der Waals surface area contributed by atoms with E-state index in [0.717, 1.165) is 30.3 Å². The van der Waals surface area contributed by atoms with Crippen LogP contribution in [0.2, 0.25) is 0 Å². The van der Waals surface area contributed by atoms with Crippen molar-refractivity contribution >= 4 is 16.9 Å². The summed E-state index contributed by atoms with van der Waals surface area (Å²) in [5.74, 6) is 0.255. The topological polar surface area (TPSA) is 78.0 Å². The first-order valence-electron chi connectivity index (χ1n) is 7.06. The molecule has 1 amide bonds. The van der Waals surface area contributed by atoms with Crippen LogP contribution in [0.5, 0.6) is 0 Å². The van der Waals surface area contributed by atoms with Crippen molar-refractivity contribution in [1.29, 1.82) is 0 Å². The maximum atomic E-state index is 12.1. The van der Waals surface area contributed by atoms with Gasteiger partial charge in [-0.05, 0) is 37.0 Å². The number of aromatic nitrogens is 2. The zero-order valence-electron chi connectivity index (χ0n) is 11.7. The summed E-state index contributed by atoms with van der Waals surface area (Å²) in [6.07, 6.45) is 4.42. The molecule has 5 heteroatoms. The number of hydrogen-bond acceptors (Lipinski definition) is 3. The number of rotatable bonds is 7. The van der Waals surface area contributed by atoms with Gasteiger partial charge in [0.2, 0.25) is 0 Å². The Balaban J connectivity index is 1.96. The third-order valence-electron chi connectivity index (χ3n) is 3.47. The molecule has 2 rings (SSSR count). The van der Waals surface area contributed by atoms with E-state index in [1.54, 1.807) is 18.5 Å². The van der Waals surface area contributed by atoms with Crippen molar-refractivity contribution in [3.63, 3.8) is 0 Å². The van der Waals surface area contributed by atoms with E-state index < -0.39 is 0 Å². The van der Waals surface area contributed by atoms with Crippen LogP contribution in [0.15, 0.2) is 24.5 Å². The van der Waals surface area contributed by atoms with Crippen LogP contribution < -0.4 is 5.32 Å². The summed E-state index contributed by atoms with van der Waals surface area (Å²) in [4.78, 5) is 19.2. The highest BCUT2D eigenvalue weighted by molar-refractivity contribution is 5.97. The van der Waals surface area contributed by atoms with Gasteiger partial charge in [-0.15, -0.1) is 0 Å². The number of carbonyl (C=O) groups excluding carboxylic acids is 1. The Morgan fingerprint density at radius 3 is 3.05 bits per heavy atom. The third-order valence-corrected chi connectivity index (χ3v) is 3.47. The maximum absolute atomic E-state index is 12.1. The molecule has 0 saturated carbocycles. The van der Waals surface area contributed by atoms with Crippen LogP contribution >= 0.6 is 0 Å². The van der Waals surface area contributed by atoms with Gasteiger partial charge >= 0.3 is 0 Å². The quantitative estimate of drug-likeness (QED) is 0.724. The molecule has 1 aromatic heterocycles. The Morgan fingerprint density at radius 1 is 1.45 bits per heavy atom. The Labute approximate surface area is 118 Å². The lowest BCUT2D eigenvalue weighted by Crippen LogP contribution is -2.29. The molecule has 5 nitrogen and oxygen atoms in total. The van der Waals surface area contributed by atoms with Gasteiger partial charge in [0.15, 0.2) is 0 Å². The van der Waals surface area contributed by atoms with E-state index >= 15 is 0 Å². The molecule has 108 valence electrons. The number of imidazole rings is 1. The number of aliphatic hydroxyl groups excluding tert-OH is 1. The highest BCUT2D eigenvalue weighted by Crippen LogP contribution is 2.13. The van der Waals surface area contributed by atoms with Gasteiger partial charge in [-0.25, -0.2) is 4.98 Å². The normalized spacial score (nSPS) is 12.5. The monoisotopic (exact) mass is 275 g/mol. The van der Waals surface area contributed by atoms with Crippen molar-refractivity contribution < 1.29 is 9.90 Å². The number of nitrogens with zero attached hydrogens (tertiary/aromatic N) is 1. The number of aromatic amines is 1. The first-order valence-corrected chi connectivity index (χ1v) is 7.06. The van der Waals surface area contributed by atoms with Crippen LogP contribution in [0.3, 0.4) is 0 Å². The fourth-order valence-electron chi connectivity index (χ4n) is 2.36. The molecule has 1 unspecified atom stereocenters. The Kier molecular flexibility index (Phi) is 5.12. The van der Waals surface area contributed by atoms with Crippen LogP contribution in [0.1, 0.15) is 36.5 Å². The average Bonchev–Trinajstić information content (AvgIpc) is 2.92. The first kappa shape index (κ1) is 14.5. The molecule has 0 spiro atoms. The van der Waals surface area contributed by atoms with E-state index in [1.165, 1.54) is 0 Å². The molecule has 0 aliphatic heterocycles. The maximum Gasteiger partial charge on any atom is 0.251 e. The van der Waals surface area contributed by atoms with Crippen molar-refractivity contribution in [2.24, 2.45) is 5.92 Å². The standard InChI is InChI=1S/C15H21N3O2/c1-2-3-11(6-7-19)9-16-15(20)12-4-5-13-14(8-12)18-10-17-13/h4-5,8,10-11,19H,2-3,6-7,9H2,1H3,(H,16,20)(H,17,18). The zero-order chi connectivity index (χ0) is 14.4. The lowest BCUT2D eigenvalue weighted by Gasteiger charge is -2.15. The molecule has 0 fully saturated rings. The fourth-order valence-corrected chi connectivity index (χ4v) is 2.36. The second-order valence-electron chi connectivity index (χ2n) is 5.01. The molecule has 2 aromatic rings. The van der Waals surface area contributed by atoms with Gasteiger partial charge in [0.05, 0.1) is 17.4 Å². The van der Waals surface area contributed by atoms with Crippen molar-refractivity contribution in [1.82, 2.24) is 15.3 Å². The van der Waals surface area contributed by atoms with Crippen molar-refractivity contribution in [3.8, 4) is 0 Å². The van der Waals surface area contributed by atoms with Gasteiger partial charge < -0.3 is 15.4 Å². The minimum atomic E-state index is -0.0828. The summed E-state index contributed by atoms with van der Waals surface area (Å²) in [7, 11) is 0. The van der Waals surface area contributed by atoms with E-state index in [2.05, 4.69) is 22.2 Å². The van der Waals surface area contributed by atoms with Crippen LogP contribution in [0.25, 0.3) is 11.0 Å². The summed E-state index contributed by atoms with van der Waals surface area (Å²) in [5, 5.41) is 12.0. The number of carbonyl (C=O) groups is 1. The van der Waals surface area contributed by atoms with Crippen molar-refractivity contribution in [3.05, 3.63) is 30.1 Å². The molecule has 0 bridgehead atoms. The molecule has 0 saturated heterocycles. The van der Waals surface area contributed by atoms with Crippen LogP contribution in [-0.4, -0.2) is 34.1 Å². The van der Waals surface area contributed by atoms with E-state index in [-0.39, 0.29) is 12.5 Å². The predicted molar refractivity (Wildman–Crippen MR) is 78.5 cm³/mol. The van der Waals surface area contributed by atoms with Gasteiger partial charge in [0.25, 0.3) is 5.91 Å². The fraction of sp³-hybridized carbons (Fsp3) is 0.467. The van der Waals surface area contributed by atoms with Crippen LogP contribution in [0, 0.1) is 5.92 Å². The molecular weight excluding hydrogens is 254 g/mol. The van der Waals surface area contributed by atoms with E-state index in [9.17, 15) is 4.79 Å². The van der Waals surface area contributed by atoms with Crippen molar-refractivity contribution in [2.45, 2.75) is 26.2 Å². The number of benzene rings is 1. The molecule has 0 radical (unpaired) electrons. The summed E-state index contributed by atoms with van der Waals surface area (Å²) >= 11 is 0. The number of hydrogen-bond donors (Lipinski definition) is 3. The summed E-state index contributed by atoms with van der Waals surface area (Å²) in [6.45, 7) is 2.88. The summed E-state index contributed by atoms with van der Waals surface area (Å²) in [6, 6.07) is 5.41. The van der Waals surface area contributed by atoms with Gasteiger partial charge in [-0.1, -0.05) is 13.3 Å². The SMILES string of the molecule is CCCC(CCO)CNC(=O)c1ccc2nc[nH]c2c1. The number of H-pyrrole nitrogens is 1. The number of fused-ring (bicyclic) bond motifs is 1. The van der Waals surface area contributed by atoms with E-state index in [4.69, 9.17) is 5.11 Å². The summed E-state index contributed by atoms with van der Waals surface area (Å²) in [5.41, 5.74) is 2.34. The van der Waals surface area contributed by atoms with Gasteiger partial charge in [-0.3, -0.25) is 4.79 Å². The van der Waals surface area contributed by atoms with Crippen LogP contribution in [0.4, 0.5) is 0 Å². The number of aliphatic hydroxyl groups is 1. The minimum absolute atomic E-state index is 0.0828. The van der Waals surface area contributed by atoms with Gasteiger partial charge in [0, 0.05) is 18.7 Å². The Hall–Kier alpha value is -1.88. The second kappa shape index (κ2) is 7.05. The number of nitrogens with one attached hydrogen (secondary N) is 2. The predicted octanol–water partition coefficient (Wildman–Crippen LogP) is 2.09. The minimum Gasteiger partial charge on any atom is -0.396 e.